The van der Waals surface area contributed by atoms with Gasteiger partial charge in [0.2, 0.25) is 5.91 Å². The van der Waals surface area contributed by atoms with Gasteiger partial charge in [0.15, 0.2) is 0 Å². The van der Waals surface area contributed by atoms with Gasteiger partial charge in [-0.2, -0.15) is 4.98 Å². The molecule has 21 heavy (non-hydrogen) atoms. The number of carbonyl (C=O) groups excluding carboxylic acids is 1. The van der Waals surface area contributed by atoms with Crippen LogP contribution in [0.4, 0.5) is 0 Å². The molecular weight excluding hydrogens is 274 g/mol. The fourth-order valence-electron chi connectivity index (χ4n) is 2.36. The molecule has 0 radical (unpaired) electrons. The average molecular weight is 295 g/mol. The molecule has 0 saturated carbocycles. The molecule has 7 nitrogen and oxygen atoms in total. The Morgan fingerprint density at radius 1 is 1.29 bits per heavy atom. The zero-order chi connectivity index (χ0) is 16.4. The summed E-state index contributed by atoms with van der Waals surface area (Å²) in [6, 6.07) is 0. The van der Waals surface area contributed by atoms with E-state index in [2.05, 4.69) is 4.98 Å². The zero-order valence-electron chi connectivity index (χ0n) is 12.8. The van der Waals surface area contributed by atoms with E-state index in [-0.39, 0.29) is 6.42 Å². The van der Waals surface area contributed by atoms with Crippen molar-refractivity contribution in [2.75, 3.05) is 0 Å². The van der Waals surface area contributed by atoms with Crippen LogP contribution in [0.1, 0.15) is 44.6 Å². The van der Waals surface area contributed by atoms with Crippen molar-refractivity contribution < 1.29 is 14.7 Å². The number of nitrogens with zero attached hydrogens (tertiary/aromatic N) is 2. The first-order valence-corrected chi connectivity index (χ1v) is 6.82. The first-order valence-electron chi connectivity index (χ1n) is 6.82. The van der Waals surface area contributed by atoms with Gasteiger partial charge in [0.05, 0.1) is 12.1 Å². The van der Waals surface area contributed by atoms with Crippen LogP contribution in [0.3, 0.4) is 0 Å². The third-order valence-electron chi connectivity index (χ3n) is 3.55. The molecule has 0 aromatic carbocycles. The van der Waals surface area contributed by atoms with Crippen LogP contribution in [0.2, 0.25) is 0 Å². The largest absolute Gasteiger partial charge is 0.481 e. The fraction of sp³-hybridized carbons (Fsp3) is 0.571. The van der Waals surface area contributed by atoms with Crippen molar-refractivity contribution in [3.8, 4) is 0 Å². The number of aliphatic carboxylic acids is 1. The van der Waals surface area contributed by atoms with E-state index in [0.717, 1.165) is 0 Å². The Bertz CT molecular complexity index is 632. The highest BCUT2D eigenvalue weighted by Gasteiger charge is 2.32. The summed E-state index contributed by atoms with van der Waals surface area (Å²) in [5, 5.41) is 9.07. The Morgan fingerprint density at radius 2 is 1.86 bits per heavy atom. The quantitative estimate of drug-likeness (QED) is 0.778. The molecule has 0 aliphatic heterocycles. The zero-order valence-corrected chi connectivity index (χ0v) is 12.8. The summed E-state index contributed by atoms with van der Waals surface area (Å²) in [6.07, 6.45) is 0.612. The second-order valence-electron chi connectivity index (χ2n) is 5.30. The maximum Gasteiger partial charge on any atom is 0.348 e. The summed E-state index contributed by atoms with van der Waals surface area (Å²) >= 11 is 0. The number of aryl methyl sites for hydroxylation is 1. The first kappa shape index (κ1) is 16.9. The Kier molecular flexibility index (Phi) is 4.88. The maximum absolute atomic E-state index is 12.3. The Labute approximate surface area is 122 Å². The van der Waals surface area contributed by atoms with Gasteiger partial charge in [-0.15, -0.1) is 0 Å². The molecule has 0 fully saturated rings. The van der Waals surface area contributed by atoms with Gasteiger partial charge in [0.1, 0.15) is 5.54 Å². The Hall–Kier alpha value is -2.18. The second-order valence-corrected chi connectivity index (χ2v) is 5.30. The minimum absolute atomic E-state index is 0.242. The SMILES string of the molecule is CCc1nc(=O)n(C(C)(C)C(N)=O)c(CC)c1CC(=O)O. The van der Waals surface area contributed by atoms with Crippen molar-refractivity contribution in [2.24, 2.45) is 5.73 Å². The van der Waals surface area contributed by atoms with Crippen LogP contribution in [0.5, 0.6) is 0 Å². The van der Waals surface area contributed by atoms with E-state index in [9.17, 15) is 14.4 Å². The lowest BCUT2D eigenvalue weighted by molar-refractivity contribution is -0.136. The van der Waals surface area contributed by atoms with Crippen LogP contribution in [0, 0.1) is 0 Å². The monoisotopic (exact) mass is 295 g/mol. The number of rotatable bonds is 6. The van der Waals surface area contributed by atoms with Crippen molar-refractivity contribution in [1.29, 1.82) is 0 Å². The Morgan fingerprint density at radius 3 is 2.24 bits per heavy atom. The lowest BCUT2D eigenvalue weighted by atomic mass is 9.98. The van der Waals surface area contributed by atoms with Crippen LogP contribution in [-0.4, -0.2) is 26.5 Å². The number of carboxylic acid groups (broad SMARTS) is 1. The minimum Gasteiger partial charge on any atom is -0.481 e. The molecule has 0 atom stereocenters. The highest BCUT2D eigenvalue weighted by molar-refractivity contribution is 5.82. The molecule has 0 bridgehead atoms. The van der Waals surface area contributed by atoms with Gasteiger partial charge in [-0.25, -0.2) is 4.79 Å². The van der Waals surface area contributed by atoms with E-state index in [1.54, 1.807) is 13.8 Å². The molecule has 0 spiro atoms. The van der Waals surface area contributed by atoms with Gasteiger partial charge in [0.25, 0.3) is 0 Å². The number of hydrogen-bond donors (Lipinski definition) is 2. The highest BCUT2D eigenvalue weighted by atomic mass is 16.4. The number of primary amides is 1. The molecule has 116 valence electrons. The molecule has 3 N–H and O–H groups in total. The highest BCUT2D eigenvalue weighted by Crippen LogP contribution is 2.21. The molecule has 0 aliphatic carbocycles. The van der Waals surface area contributed by atoms with Gasteiger partial charge < -0.3 is 10.8 Å². The Balaban J connectivity index is 3.77. The maximum atomic E-state index is 12.3. The predicted molar refractivity (Wildman–Crippen MR) is 77.1 cm³/mol. The molecule has 0 saturated heterocycles. The summed E-state index contributed by atoms with van der Waals surface area (Å²) in [5.74, 6) is -1.69. The van der Waals surface area contributed by atoms with Crippen molar-refractivity contribution in [2.45, 2.75) is 52.5 Å². The fourth-order valence-corrected chi connectivity index (χ4v) is 2.36. The lowest BCUT2D eigenvalue weighted by Crippen LogP contribution is -2.49. The number of hydrogen-bond acceptors (Lipinski definition) is 4. The number of carbonyl (C=O) groups is 2. The van der Waals surface area contributed by atoms with Gasteiger partial charge >= 0.3 is 11.7 Å². The number of carboxylic acids is 1. The van der Waals surface area contributed by atoms with Crippen molar-refractivity contribution in [3.63, 3.8) is 0 Å². The summed E-state index contributed by atoms with van der Waals surface area (Å²) < 4.78 is 1.22. The van der Waals surface area contributed by atoms with Gasteiger partial charge in [-0.3, -0.25) is 14.2 Å². The molecule has 0 aliphatic rings. The molecule has 1 aromatic rings. The number of nitrogens with two attached hydrogens (primary N) is 1. The molecule has 0 unspecified atom stereocenters. The van der Waals surface area contributed by atoms with E-state index in [0.29, 0.717) is 29.8 Å². The lowest BCUT2D eigenvalue weighted by Gasteiger charge is -2.28. The van der Waals surface area contributed by atoms with Gasteiger partial charge in [-0.05, 0) is 26.7 Å². The smallest absolute Gasteiger partial charge is 0.348 e. The minimum atomic E-state index is -1.27. The third-order valence-corrected chi connectivity index (χ3v) is 3.55. The van der Waals surface area contributed by atoms with Crippen molar-refractivity contribution >= 4 is 11.9 Å². The molecule has 1 rings (SSSR count). The topological polar surface area (TPSA) is 115 Å². The first-order chi connectivity index (χ1) is 9.66. The van der Waals surface area contributed by atoms with E-state index in [4.69, 9.17) is 10.8 Å². The average Bonchev–Trinajstić information content (AvgIpc) is 2.38. The summed E-state index contributed by atoms with van der Waals surface area (Å²) in [6.45, 7) is 6.64. The van der Waals surface area contributed by atoms with E-state index in [1.807, 2.05) is 0 Å². The van der Waals surface area contributed by atoms with Gasteiger partial charge in [-0.1, -0.05) is 13.8 Å². The van der Waals surface area contributed by atoms with Crippen LogP contribution in [0.25, 0.3) is 0 Å². The van der Waals surface area contributed by atoms with Crippen LogP contribution < -0.4 is 11.4 Å². The summed E-state index contributed by atoms with van der Waals surface area (Å²) in [5.41, 5.74) is 4.96. The summed E-state index contributed by atoms with van der Waals surface area (Å²) in [7, 11) is 0. The van der Waals surface area contributed by atoms with Crippen LogP contribution >= 0.6 is 0 Å². The summed E-state index contributed by atoms with van der Waals surface area (Å²) in [4.78, 5) is 38.9. The molecular formula is C14H21N3O4. The third kappa shape index (κ3) is 3.12. The molecule has 1 amide bonds. The van der Waals surface area contributed by atoms with Crippen LogP contribution in [0.15, 0.2) is 4.79 Å². The predicted octanol–water partition coefficient (Wildman–Crippen LogP) is 0.216. The van der Waals surface area contributed by atoms with Gasteiger partial charge in [0, 0.05) is 11.3 Å². The molecule has 1 heterocycles. The molecule has 7 heteroatoms. The normalized spacial score (nSPS) is 11.4. The number of aromatic nitrogens is 2. The van der Waals surface area contributed by atoms with E-state index >= 15 is 0 Å². The van der Waals surface area contributed by atoms with Crippen molar-refractivity contribution in [3.05, 3.63) is 27.4 Å². The standard InChI is InChI=1S/C14H21N3O4/c1-5-9-8(7-11(18)19)10(6-2)17(13(21)16-9)14(3,4)12(15)20/h5-7H2,1-4H3,(H2,15,20)(H,18,19). The van der Waals surface area contributed by atoms with E-state index in [1.165, 1.54) is 18.4 Å². The number of amides is 1. The second kappa shape index (κ2) is 6.07. The molecule has 1 aromatic heterocycles. The van der Waals surface area contributed by atoms with Crippen molar-refractivity contribution in [1.82, 2.24) is 9.55 Å². The van der Waals surface area contributed by atoms with Crippen LogP contribution in [-0.2, 0) is 34.4 Å². The van der Waals surface area contributed by atoms with E-state index < -0.39 is 23.1 Å².